The molecular formula is C35H52O31. The van der Waals surface area contributed by atoms with Crippen molar-refractivity contribution in [3.63, 3.8) is 0 Å². The second-order valence-electron chi connectivity index (χ2n) is 15.1. The number of methoxy groups -OCH3 is 5. The van der Waals surface area contributed by atoms with E-state index in [-0.39, 0.29) is 0 Å². The fourth-order valence-corrected chi connectivity index (χ4v) is 7.42. The van der Waals surface area contributed by atoms with E-state index < -0.39 is 183 Å². The van der Waals surface area contributed by atoms with Crippen LogP contribution in [0.5, 0.6) is 0 Å². The summed E-state index contributed by atoms with van der Waals surface area (Å²) in [7, 11) is 4.31. The Morgan fingerprint density at radius 3 is 0.803 bits per heavy atom. The lowest BCUT2D eigenvalue weighted by Crippen LogP contribution is -2.69. The molecule has 0 saturated carbocycles. The smallest absolute Gasteiger partial charge is 0.337 e. The molecule has 0 spiro atoms. The van der Waals surface area contributed by atoms with Gasteiger partial charge in [-0.15, -0.1) is 0 Å². The van der Waals surface area contributed by atoms with Gasteiger partial charge in [0.25, 0.3) is 0 Å². The van der Waals surface area contributed by atoms with Crippen molar-refractivity contribution >= 4 is 29.8 Å². The van der Waals surface area contributed by atoms with Gasteiger partial charge in [0.05, 0.1) is 35.5 Å². The third kappa shape index (κ3) is 10.6. The SMILES string of the molecule is COC(=O)C1OC(OC2C(C(=O)OC)OC(OC3C(C(=O)OC)OC(OC4C(C(=O)OC)OC(OC5C(C(=O)OC)OC(O)C(O)C5O)C(O)C4O)C(O)C3O)C(O)C2O)C(O)C(O)C1O. The van der Waals surface area contributed by atoms with Crippen molar-refractivity contribution in [2.24, 2.45) is 0 Å². The first kappa shape index (κ1) is 53.5. The van der Waals surface area contributed by atoms with Crippen LogP contribution in [0, 0.1) is 0 Å². The Labute approximate surface area is 370 Å². The van der Waals surface area contributed by atoms with E-state index in [1.807, 2.05) is 0 Å². The van der Waals surface area contributed by atoms with Crippen LogP contribution in [0.15, 0.2) is 0 Å². The van der Waals surface area contributed by atoms with Crippen molar-refractivity contribution in [1.29, 1.82) is 0 Å². The number of aliphatic hydroxyl groups excluding tert-OH is 12. The molecule has 31 nitrogen and oxygen atoms in total. The molecular weight excluding hydrogens is 916 g/mol. The molecule has 0 aliphatic carbocycles. The predicted octanol–water partition coefficient (Wildman–Crippen LogP) is -11.0. The van der Waals surface area contributed by atoms with Gasteiger partial charge in [-0.1, -0.05) is 0 Å². The third-order valence-corrected chi connectivity index (χ3v) is 11.1. The number of carbonyl (C=O) groups is 5. The zero-order valence-corrected chi connectivity index (χ0v) is 35.1. The Morgan fingerprint density at radius 2 is 0.515 bits per heavy atom. The molecule has 25 unspecified atom stereocenters. The maximum atomic E-state index is 13.1. The summed E-state index contributed by atoms with van der Waals surface area (Å²) in [5.74, 6) is -6.62. The van der Waals surface area contributed by atoms with E-state index in [1.54, 1.807) is 0 Å². The van der Waals surface area contributed by atoms with Gasteiger partial charge in [0.15, 0.2) is 62.0 Å². The summed E-state index contributed by atoms with van der Waals surface area (Å²) in [6.45, 7) is 0. The van der Waals surface area contributed by atoms with Crippen LogP contribution >= 0.6 is 0 Å². The molecule has 5 rings (SSSR count). The predicted molar refractivity (Wildman–Crippen MR) is 191 cm³/mol. The molecule has 0 aromatic carbocycles. The van der Waals surface area contributed by atoms with Crippen LogP contribution in [0.3, 0.4) is 0 Å². The van der Waals surface area contributed by atoms with Gasteiger partial charge in [-0.3, -0.25) is 0 Å². The van der Waals surface area contributed by atoms with Gasteiger partial charge in [0.2, 0.25) is 0 Å². The van der Waals surface area contributed by atoms with E-state index in [1.165, 1.54) is 0 Å². The summed E-state index contributed by atoms with van der Waals surface area (Å²) in [5.41, 5.74) is 0. The zero-order valence-electron chi connectivity index (χ0n) is 35.1. The monoisotopic (exact) mass is 968 g/mol. The van der Waals surface area contributed by atoms with Crippen molar-refractivity contribution in [1.82, 2.24) is 0 Å². The Morgan fingerprint density at radius 1 is 0.288 bits per heavy atom. The summed E-state index contributed by atoms with van der Waals surface area (Å²) in [6, 6.07) is 0. The van der Waals surface area contributed by atoms with Crippen LogP contribution < -0.4 is 0 Å². The van der Waals surface area contributed by atoms with Crippen LogP contribution in [0.2, 0.25) is 0 Å². The quantitative estimate of drug-likeness (QED) is 0.0602. The largest absolute Gasteiger partial charge is 0.467 e. The third-order valence-electron chi connectivity index (χ3n) is 11.1. The van der Waals surface area contributed by atoms with E-state index in [4.69, 9.17) is 56.8 Å². The number of hydrogen-bond donors (Lipinski definition) is 12. The Bertz CT molecular complexity index is 1690. The second-order valence-corrected chi connectivity index (χ2v) is 15.1. The lowest BCUT2D eigenvalue weighted by molar-refractivity contribution is -0.383. The number of carbonyl (C=O) groups excluding carboxylic acids is 5. The number of rotatable bonds is 13. The van der Waals surface area contributed by atoms with Gasteiger partial charge in [0, 0.05) is 0 Å². The van der Waals surface area contributed by atoms with Crippen molar-refractivity contribution in [3.8, 4) is 0 Å². The maximum absolute atomic E-state index is 13.1. The minimum absolute atomic E-state index is 0.824. The lowest BCUT2D eigenvalue weighted by atomic mass is 9.95. The van der Waals surface area contributed by atoms with Crippen molar-refractivity contribution in [2.45, 2.75) is 154 Å². The van der Waals surface area contributed by atoms with Crippen LogP contribution in [0.1, 0.15) is 0 Å². The van der Waals surface area contributed by atoms with Crippen LogP contribution in [-0.4, -0.2) is 280 Å². The highest BCUT2D eigenvalue weighted by Gasteiger charge is 2.60. The first-order valence-electron chi connectivity index (χ1n) is 19.5. The van der Waals surface area contributed by atoms with Gasteiger partial charge in [-0.25, -0.2) is 24.0 Å². The fraction of sp³-hybridized carbons (Fsp3) is 0.857. The van der Waals surface area contributed by atoms with Gasteiger partial charge in [0.1, 0.15) is 91.6 Å². The highest BCUT2D eigenvalue weighted by molar-refractivity contribution is 5.77. The second kappa shape index (κ2) is 22.3. The lowest BCUT2D eigenvalue weighted by Gasteiger charge is -2.48. The molecule has 0 aromatic heterocycles. The first-order valence-corrected chi connectivity index (χ1v) is 19.5. The summed E-state index contributed by atoms with van der Waals surface area (Å²) >= 11 is 0. The van der Waals surface area contributed by atoms with Crippen molar-refractivity contribution < 1.29 is 152 Å². The number of aliphatic hydroxyl groups is 12. The highest BCUT2D eigenvalue weighted by atomic mass is 16.8. The van der Waals surface area contributed by atoms with Gasteiger partial charge in [-0.2, -0.15) is 0 Å². The van der Waals surface area contributed by atoms with Gasteiger partial charge < -0.3 is 128 Å². The Hall–Kier alpha value is -3.49. The molecule has 66 heavy (non-hydrogen) atoms. The summed E-state index contributed by atoms with van der Waals surface area (Å²) in [5, 5.41) is 129. The van der Waals surface area contributed by atoms with Crippen LogP contribution in [0.25, 0.3) is 0 Å². The summed E-state index contributed by atoms with van der Waals surface area (Å²) < 4.78 is 72.1. The van der Waals surface area contributed by atoms with E-state index in [9.17, 15) is 85.3 Å². The normalized spacial score (nSPS) is 46.3. The number of ether oxygens (including phenoxy) is 14. The zero-order chi connectivity index (χ0) is 49.2. The molecule has 31 heteroatoms. The first-order chi connectivity index (χ1) is 31.1. The molecule has 5 fully saturated rings. The summed E-state index contributed by atoms with van der Waals surface area (Å²) in [6.07, 6.45) is -54.9. The number of hydrogen-bond acceptors (Lipinski definition) is 31. The molecule has 5 aliphatic rings. The minimum atomic E-state index is -2.40. The Balaban J connectivity index is 1.35. The van der Waals surface area contributed by atoms with E-state index in [2.05, 4.69) is 9.47 Å². The Kier molecular flexibility index (Phi) is 18.1. The topological polar surface area (TPSA) is 457 Å². The van der Waals surface area contributed by atoms with E-state index in [0.29, 0.717) is 0 Å². The molecule has 25 atom stereocenters. The van der Waals surface area contributed by atoms with Crippen molar-refractivity contribution in [2.75, 3.05) is 35.5 Å². The maximum Gasteiger partial charge on any atom is 0.337 e. The fourth-order valence-electron chi connectivity index (χ4n) is 7.42. The molecule has 5 aliphatic heterocycles. The molecule has 5 heterocycles. The van der Waals surface area contributed by atoms with Gasteiger partial charge >= 0.3 is 29.8 Å². The molecule has 0 bridgehead atoms. The molecule has 0 radical (unpaired) electrons. The standard InChI is InChI=1S/C35H52O31/c1-53-27(48)21-7(37)6(36)13(43)32(63-21)60-18-9(39)15(45)34(65-23(18)29(50)55-3)62-20-11(41)16(46)35(66-25(20)31(52)57-5)61-19-10(40)14(44)33(64-24(19)30(51)56-4)59-17-8(38)12(42)26(47)58-22(17)28(49)54-2/h6-26,32-47H,1-5H3. The average Bonchev–Trinajstić information content (AvgIpc) is 3.31. The van der Waals surface area contributed by atoms with Gasteiger partial charge in [-0.05, 0) is 0 Å². The highest BCUT2D eigenvalue weighted by Crippen LogP contribution is 2.36. The molecule has 0 aromatic rings. The molecule has 0 amide bonds. The van der Waals surface area contributed by atoms with E-state index >= 15 is 0 Å². The molecule has 378 valence electrons. The molecule has 5 saturated heterocycles. The number of esters is 5. The van der Waals surface area contributed by atoms with E-state index in [0.717, 1.165) is 35.5 Å². The van der Waals surface area contributed by atoms with Crippen LogP contribution in [-0.2, 0) is 90.3 Å². The van der Waals surface area contributed by atoms with Crippen molar-refractivity contribution in [3.05, 3.63) is 0 Å². The average molecular weight is 969 g/mol. The summed E-state index contributed by atoms with van der Waals surface area (Å²) in [4.78, 5) is 63.7. The molecule has 12 N–H and O–H groups in total. The van der Waals surface area contributed by atoms with Crippen LogP contribution in [0.4, 0.5) is 0 Å². The minimum Gasteiger partial charge on any atom is -0.467 e.